The van der Waals surface area contributed by atoms with Gasteiger partial charge in [-0.3, -0.25) is 9.59 Å². The molecule has 2 aromatic heterocycles. The van der Waals surface area contributed by atoms with Gasteiger partial charge in [-0.05, 0) is 55.7 Å². The van der Waals surface area contributed by atoms with Gasteiger partial charge in [-0.2, -0.15) is 9.78 Å². The Labute approximate surface area is 217 Å². The van der Waals surface area contributed by atoms with E-state index < -0.39 is 11.5 Å². The predicted molar refractivity (Wildman–Crippen MR) is 138 cm³/mol. The first-order valence-electron chi connectivity index (χ1n) is 11.3. The zero-order valence-electron chi connectivity index (χ0n) is 19.6. The molecule has 4 aromatic rings. The highest BCUT2D eigenvalue weighted by atomic mass is 35.5. The molecule has 10 heteroatoms. The van der Waals surface area contributed by atoms with Crippen molar-refractivity contribution in [3.8, 4) is 28.3 Å². The molecule has 0 saturated heterocycles. The number of oxazole rings is 1. The third-order valence-electron chi connectivity index (χ3n) is 6.10. The zero-order valence-corrected chi connectivity index (χ0v) is 21.1. The van der Waals surface area contributed by atoms with Gasteiger partial charge in [0.05, 0.1) is 29.0 Å². The monoisotopic (exact) mass is 524 g/mol. The minimum Gasteiger partial charge on any atom is -0.468 e. The second-order valence-corrected chi connectivity index (χ2v) is 9.33. The van der Waals surface area contributed by atoms with Gasteiger partial charge in [-0.25, -0.2) is 4.98 Å². The fraction of sp³-hybridized carbons (Fsp3) is 0.231. The van der Waals surface area contributed by atoms with Crippen LogP contribution < -0.4 is 10.5 Å². The number of hydrogen-bond acceptors (Lipinski definition) is 7. The van der Waals surface area contributed by atoms with E-state index in [0.29, 0.717) is 30.1 Å². The number of rotatable bonds is 5. The largest absolute Gasteiger partial charge is 0.468 e. The number of aryl methyl sites for hydroxylation is 1. The molecule has 3 heterocycles. The summed E-state index contributed by atoms with van der Waals surface area (Å²) in [6, 6.07) is 10.9. The average molecular weight is 525 g/mol. The fourth-order valence-electron chi connectivity index (χ4n) is 4.54. The Bertz CT molecular complexity index is 1500. The first kappa shape index (κ1) is 24.1. The third kappa shape index (κ3) is 4.38. The zero-order chi connectivity index (χ0) is 25.4. The Kier molecular flexibility index (Phi) is 6.55. The Morgan fingerprint density at radius 1 is 1.14 bits per heavy atom. The van der Waals surface area contributed by atoms with E-state index in [4.69, 9.17) is 37.5 Å². The summed E-state index contributed by atoms with van der Waals surface area (Å²) in [7, 11) is 1.32. The number of nitrogens with zero attached hydrogens (tertiary/aromatic N) is 4. The summed E-state index contributed by atoms with van der Waals surface area (Å²) in [5.41, 5.74) is 4.20. The summed E-state index contributed by atoms with van der Waals surface area (Å²) >= 11 is 13.0. The molecular weight excluding hydrogens is 503 g/mol. The first-order chi connectivity index (χ1) is 17.4. The molecule has 36 heavy (non-hydrogen) atoms. The van der Waals surface area contributed by atoms with Gasteiger partial charge in [-0.1, -0.05) is 29.3 Å². The number of aromatic nitrogens is 3. The lowest BCUT2D eigenvalue weighted by Crippen LogP contribution is -2.41. The van der Waals surface area contributed by atoms with Crippen LogP contribution in [0.15, 0.2) is 58.2 Å². The minimum absolute atomic E-state index is 0.0599. The lowest BCUT2D eigenvalue weighted by atomic mass is 9.95. The van der Waals surface area contributed by atoms with Crippen molar-refractivity contribution in [3.63, 3.8) is 0 Å². The fourth-order valence-corrected chi connectivity index (χ4v) is 5.10. The van der Waals surface area contributed by atoms with Crippen molar-refractivity contribution in [2.45, 2.75) is 19.8 Å². The number of benzene rings is 2. The second kappa shape index (κ2) is 9.79. The highest BCUT2D eigenvalue weighted by Gasteiger charge is 2.29. The molecule has 0 unspecified atom stereocenters. The van der Waals surface area contributed by atoms with Crippen LogP contribution in [0.25, 0.3) is 28.3 Å². The van der Waals surface area contributed by atoms with Gasteiger partial charge in [0.15, 0.2) is 12.2 Å². The molecule has 5 rings (SSSR count). The Balaban J connectivity index is 1.81. The molecule has 1 aliphatic heterocycles. The second-order valence-electron chi connectivity index (χ2n) is 8.52. The van der Waals surface area contributed by atoms with E-state index >= 15 is 0 Å². The van der Waals surface area contributed by atoms with Gasteiger partial charge in [0.1, 0.15) is 17.9 Å². The molecule has 1 aliphatic rings. The lowest BCUT2D eigenvalue weighted by Gasteiger charge is -2.31. The van der Waals surface area contributed by atoms with E-state index in [2.05, 4.69) is 4.98 Å². The Morgan fingerprint density at radius 3 is 2.58 bits per heavy atom. The molecule has 0 saturated carbocycles. The first-order valence-corrected chi connectivity index (χ1v) is 12.1. The number of ether oxygens (including phenoxy) is 1. The maximum Gasteiger partial charge on any atom is 0.325 e. The highest BCUT2D eigenvalue weighted by Crippen LogP contribution is 2.36. The van der Waals surface area contributed by atoms with E-state index in [1.54, 1.807) is 29.3 Å². The molecule has 0 N–H and O–H groups in total. The van der Waals surface area contributed by atoms with Crippen molar-refractivity contribution >= 4 is 34.9 Å². The van der Waals surface area contributed by atoms with E-state index in [1.807, 2.05) is 25.1 Å². The SMILES string of the molecule is COC(=O)CN1CCCc2c(-c3cc(C)cc(-c4cnco4)c3)nn(-c3c(Cl)cccc3Cl)c(=O)c21. The maximum absolute atomic E-state index is 13.9. The van der Waals surface area contributed by atoms with Crippen molar-refractivity contribution in [3.05, 3.63) is 80.5 Å². The van der Waals surface area contributed by atoms with Crippen LogP contribution in [0, 0.1) is 6.92 Å². The number of carbonyl (C=O) groups is 1. The van der Waals surface area contributed by atoms with Crippen LogP contribution in [-0.2, 0) is 16.0 Å². The van der Waals surface area contributed by atoms with Gasteiger partial charge in [0, 0.05) is 23.2 Å². The number of hydrogen-bond donors (Lipinski definition) is 0. The summed E-state index contributed by atoms with van der Waals surface area (Å²) in [6.45, 7) is 2.43. The number of fused-ring (bicyclic) bond motifs is 1. The van der Waals surface area contributed by atoms with Gasteiger partial charge < -0.3 is 14.1 Å². The number of halogens is 2. The van der Waals surface area contributed by atoms with Crippen LogP contribution in [0.2, 0.25) is 10.0 Å². The summed E-state index contributed by atoms with van der Waals surface area (Å²) < 4.78 is 11.6. The molecule has 0 aliphatic carbocycles. The van der Waals surface area contributed by atoms with E-state index in [0.717, 1.165) is 28.7 Å². The van der Waals surface area contributed by atoms with E-state index in [1.165, 1.54) is 18.2 Å². The quantitative estimate of drug-likeness (QED) is 0.335. The molecule has 0 bridgehead atoms. The van der Waals surface area contributed by atoms with Gasteiger partial charge in [0.25, 0.3) is 5.56 Å². The molecule has 0 radical (unpaired) electrons. The van der Waals surface area contributed by atoms with Crippen LogP contribution in [0.3, 0.4) is 0 Å². The average Bonchev–Trinajstić information content (AvgIpc) is 3.40. The number of methoxy groups -OCH3 is 1. The summed E-state index contributed by atoms with van der Waals surface area (Å²) in [4.78, 5) is 31.8. The van der Waals surface area contributed by atoms with Crippen molar-refractivity contribution in [1.29, 1.82) is 0 Å². The molecule has 2 aromatic carbocycles. The highest BCUT2D eigenvalue weighted by molar-refractivity contribution is 6.37. The summed E-state index contributed by atoms with van der Waals surface area (Å²) in [5, 5.41) is 5.36. The summed E-state index contributed by atoms with van der Waals surface area (Å²) in [5.74, 6) is 0.176. The Hall–Kier alpha value is -3.62. The van der Waals surface area contributed by atoms with Crippen LogP contribution >= 0.6 is 23.2 Å². The van der Waals surface area contributed by atoms with Gasteiger partial charge in [0.2, 0.25) is 0 Å². The van der Waals surface area contributed by atoms with Crippen molar-refractivity contribution in [1.82, 2.24) is 14.8 Å². The standard InChI is InChI=1S/C26H22Cl2N4O4/c1-15-9-16(21-12-29-14-36-21)11-17(10-15)23-18-5-4-8-31(13-22(33)35-2)24(18)26(34)32(30-23)25-19(27)6-3-7-20(25)28/h3,6-7,9-12,14H,4-5,8,13H2,1-2H3. The van der Waals surface area contributed by atoms with Crippen LogP contribution in [-0.4, -0.2) is 40.9 Å². The molecule has 0 amide bonds. The van der Waals surface area contributed by atoms with E-state index in [-0.39, 0.29) is 22.3 Å². The third-order valence-corrected chi connectivity index (χ3v) is 6.71. The molecule has 8 nitrogen and oxygen atoms in total. The molecule has 0 atom stereocenters. The lowest BCUT2D eigenvalue weighted by molar-refractivity contribution is -0.138. The van der Waals surface area contributed by atoms with Crippen molar-refractivity contribution in [2.24, 2.45) is 0 Å². The van der Waals surface area contributed by atoms with Crippen molar-refractivity contribution < 1.29 is 13.9 Å². The van der Waals surface area contributed by atoms with E-state index in [9.17, 15) is 9.59 Å². The Morgan fingerprint density at radius 2 is 1.89 bits per heavy atom. The number of esters is 1. The maximum atomic E-state index is 13.9. The molecular formula is C26H22Cl2N4O4. The van der Waals surface area contributed by atoms with Crippen LogP contribution in [0.1, 0.15) is 17.5 Å². The molecule has 0 fully saturated rings. The van der Waals surface area contributed by atoms with Crippen LogP contribution in [0.4, 0.5) is 5.69 Å². The number of anilines is 1. The van der Waals surface area contributed by atoms with Gasteiger partial charge >= 0.3 is 5.97 Å². The minimum atomic E-state index is -0.439. The number of para-hydroxylation sites is 1. The predicted octanol–water partition coefficient (Wildman–Crippen LogP) is 5.10. The molecule has 0 spiro atoms. The topological polar surface area (TPSA) is 90.5 Å². The molecule has 184 valence electrons. The summed E-state index contributed by atoms with van der Waals surface area (Å²) in [6.07, 6.45) is 4.38. The number of carbonyl (C=O) groups excluding carboxylic acids is 1. The van der Waals surface area contributed by atoms with Gasteiger partial charge in [-0.15, -0.1) is 0 Å². The normalized spacial score (nSPS) is 12.9. The van der Waals surface area contributed by atoms with Crippen LogP contribution in [0.5, 0.6) is 0 Å². The van der Waals surface area contributed by atoms with Crippen molar-refractivity contribution in [2.75, 3.05) is 25.1 Å². The smallest absolute Gasteiger partial charge is 0.325 e.